The Balaban J connectivity index is 1.50. The van der Waals surface area contributed by atoms with Crippen LogP contribution in [0.3, 0.4) is 0 Å². The zero-order valence-corrected chi connectivity index (χ0v) is 16.2. The van der Waals surface area contributed by atoms with E-state index in [1.165, 1.54) is 23.1 Å². The highest BCUT2D eigenvalue weighted by Gasteiger charge is 2.11. The summed E-state index contributed by atoms with van der Waals surface area (Å²) in [4.78, 5) is 20.6. The zero-order valence-electron chi connectivity index (χ0n) is 14.5. The molecule has 8 heteroatoms. The van der Waals surface area contributed by atoms with Gasteiger partial charge in [0.05, 0.1) is 10.7 Å². The molecule has 3 rings (SSSR count). The second-order valence-corrected chi connectivity index (χ2v) is 7.98. The lowest BCUT2D eigenvalue weighted by molar-refractivity contribution is -0.115. The Morgan fingerprint density at radius 1 is 1.19 bits per heavy atom. The molecule has 0 bridgehead atoms. The molecule has 0 aliphatic rings. The Morgan fingerprint density at radius 3 is 2.73 bits per heavy atom. The van der Waals surface area contributed by atoms with E-state index >= 15 is 0 Å². The summed E-state index contributed by atoms with van der Waals surface area (Å²) in [5.74, 6) is 0.874. The highest BCUT2D eigenvalue weighted by atomic mass is 32.2. The van der Waals surface area contributed by atoms with Gasteiger partial charge in [0.25, 0.3) is 0 Å². The largest absolute Gasteiger partial charge is 0.301 e. The topological polar surface area (TPSA) is 80.7 Å². The molecule has 1 aromatic carbocycles. The lowest BCUT2D eigenvalue weighted by Gasteiger charge is -2.04. The van der Waals surface area contributed by atoms with Crippen LogP contribution >= 0.6 is 23.1 Å². The SMILES string of the molecule is CC(C)c1nnc(NC(=O)CCSc2cc(-c3ccccc3)ncn2)s1. The van der Waals surface area contributed by atoms with Crippen molar-refractivity contribution < 1.29 is 4.79 Å². The lowest BCUT2D eigenvalue weighted by atomic mass is 10.1. The molecule has 0 unspecified atom stereocenters. The van der Waals surface area contributed by atoms with Gasteiger partial charge in [-0.25, -0.2) is 9.97 Å². The quantitative estimate of drug-likeness (QED) is 0.484. The fourth-order valence-electron chi connectivity index (χ4n) is 2.13. The zero-order chi connectivity index (χ0) is 18.4. The number of nitrogens with zero attached hydrogens (tertiary/aromatic N) is 4. The van der Waals surface area contributed by atoms with E-state index in [1.54, 1.807) is 6.33 Å². The normalized spacial score (nSPS) is 10.9. The molecular formula is C18H19N5OS2. The molecule has 1 amide bonds. The third-order valence-electron chi connectivity index (χ3n) is 3.47. The minimum absolute atomic E-state index is 0.0682. The highest BCUT2D eigenvalue weighted by Crippen LogP contribution is 2.24. The first-order valence-corrected chi connectivity index (χ1v) is 10.1. The molecule has 0 aliphatic carbocycles. The van der Waals surface area contributed by atoms with Crippen LogP contribution in [-0.4, -0.2) is 31.8 Å². The number of hydrogen-bond acceptors (Lipinski definition) is 7. The molecule has 3 aromatic rings. The fraction of sp³-hybridized carbons (Fsp3) is 0.278. The van der Waals surface area contributed by atoms with Crippen LogP contribution < -0.4 is 5.32 Å². The Morgan fingerprint density at radius 2 is 2.00 bits per heavy atom. The molecule has 2 heterocycles. The molecule has 134 valence electrons. The molecule has 0 saturated carbocycles. The smallest absolute Gasteiger partial charge is 0.227 e. The number of hydrogen-bond donors (Lipinski definition) is 1. The molecule has 0 saturated heterocycles. The Hall–Kier alpha value is -2.32. The number of benzene rings is 1. The predicted molar refractivity (Wildman–Crippen MR) is 105 cm³/mol. The summed E-state index contributed by atoms with van der Waals surface area (Å²) in [6.07, 6.45) is 1.94. The van der Waals surface area contributed by atoms with Crippen molar-refractivity contribution in [3.8, 4) is 11.3 Å². The predicted octanol–water partition coefficient (Wildman–Crippen LogP) is 4.24. The molecule has 0 spiro atoms. The van der Waals surface area contributed by atoms with Crippen LogP contribution in [0.25, 0.3) is 11.3 Å². The minimum atomic E-state index is -0.0682. The fourth-order valence-corrected chi connectivity index (χ4v) is 3.71. The monoisotopic (exact) mass is 385 g/mol. The lowest BCUT2D eigenvalue weighted by Crippen LogP contribution is -2.12. The number of amides is 1. The van der Waals surface area contributed by atoms with Gasteiger partial charge in [-0.05, 0) is 6.07 Å². The summed E-state index contributed by atoms with van der Waals surface area (Å²) < 4.78 is 0. The van der Waals surface area contributed by atoms with Gasteiger partial charge in [-0.1, -0.05) is 55.5 Å². The summed E-state index contributed by atoms with van der Waals surface area (Å²) in [5.41, 5.74) is 1.93. The van der Waals surface area contributed by atoms with E-state index in [-0.39, 0.29) is 5.91 Å². The average molecular weight is 386 g/mol. The highest BCUT2D eigenvalue weighted by molar-refractivity contribution is 7.99. The van der Waals surface area contributed by atoms with Crippen molar-refractivity contribution in [1.82, 2.24) is 20.2 Å². The van der Waals surface area contributed by atoms with E-state index in [9.17, 15) is 4.79 Å². The molecule has 1 N–H and O–H groups in total. The molecular weight excluding hydrogens is 366 g/mol. The summed E-state index contributed by atoms with van der Waals surface area (Å²) in [6.45, 7) is 4.10. The van der Waals surface area contributed by atoms with Crippen LogP contribution in [0.15, 0.2) is 47.8 Å². The van der Waals surface area contributed by atoms with Gasteiger partial charge in [-0.2, -0.15) is 0 Å². The van der Waals surface area contributed by atoms with Gasteiger partial charge < -0.3 is 5.32 Å². The standard InChI is InChI=1S/C18H19N5OS2/c1-12(2)17-22-23-18(26-17)21-15(24)8-9-25-16-10-14(19-11-20-16)13-6-4-3-5-7-13/h3-7,10-12H,8-9H2,1-2H3,(H,21,23,24). The van der Waals surface area contributed by atoms with Crippen molar-refractivity contribution in [2.24, 2.45) is 0 Å². The first-order chi connectivity index (χ1) is 12.6. The summed E-state index contributed by atoms with van der Waals surface area (Å²) >= 11 is 2.95. The van der Waals surface area contributed by atoms with Crippen molar-refractivity contribution in [3.05, 3.63) is 47.7 Å². The second-order valence-electron chi connectivity index (χ2n) is 5.85. The number of aromatic nitrogens is 4. The van der Waals surface area contributed by atoms with Crippen LogP contribution in [0.1, 0.15) is 31.2 Å². The number of carbonyl (C=O) groups excluding carboxylic acids is 1. The van der Waals surface area contributed by atoms with Crippen molar-refractivity contribution >= 4 is 34.1 Å². The Kier molecular flexibility index (Phi) is 6.30. The van der Waals surface area contributed by atoms with E-state index in [1.807, 2.05) is 50.2 Å². The number of rotatable bonds is 7. The number of anilines is 1. The molecule has 0 atom stereocenters. The van der Waals surface area contributed by atoms with Gasteiger partial charge in [0.1, 0.15) is 11.3 Å². The molecule has 6 nitrogen and oxygen atoms in total. The van der Waals surface area contributed by atoms with Gasteiger partial charge >= 0.3 is 0 Å². The first kappa shape index (κ1) is 18.5. The van der Waals surface area contributed by atoms with Gasteiger partial charge in [0.15, 0.2) is 0 Å². The van der Waals surface area contributed by atoms with Crippen LogP contribution in [-0.2, 0) is 4.79 Å². The van der Waals surface area contributed by atoms with E-state index in [2.05, 4.69) is 25.5 Å². The van der Waals surface area contributed by atoms with Gasteiger partial charge in [-0.3, -0.25) is 4.79 Å². The van der Waals surface area contributed by atoms with Gasteiger partial charge in [0.2, 0.25) is 11.0 Å². The molecule has 0 radical (unpaired) electrons. The van der Waals surface area contributed by atoms with E-state index in [4.69, 9.17) is 0 Å². The van der Waals surface area contributed by atoms with E-state index in [0.717, 1.165) is 21.3 Å². The Labute approximate surface area is 160 Å². The van der Waals surface area contributed by atoms with Crippen LogP contribution in [0.5, 0.6) is 0 Å². The summed E-state index contributed by atoms with van der Waals surface area (Å²) in [7, 11) is 0. The minimum Gasteiger partial charge on any atom is -0.301 e. The van der Waals surface area contributed by atoms with Crippen LogP contribution in [0.4, 0.5) is 5.13 Å². The number of thioether (sulfide) groups is 1. The van der Waals surface area contributed by atoms with Crippen molar-refractivity contribution in [1.29, 1.82) is 0 Å². The van der Waals surface area contributed by atoms with E-state index < -0.39 is 0 Å². The maximum absolute atomic E-state index is 12.1. The third-order valence-corrected chi connectivity index (χ3v) is 5.54. The van der Waals surface area contributed by atoms with E-state index in [0.29, 0.717) is 23.2 Å². The molecule has 0 fully saturated rings. The van der Waals surface area contributed by atoms with Crippen LogP contribution in [0, 0.1) is 0 Å². The van der Waals surface area contributed by atoms with Crippen molar-refractivity contribution in [2.75, 3.05) is 11.1 Å². The average Bonchev–Trinajstić information content (AvgIpc) is 3.11. The second kappa shape index (κ2) is 8.86. The number of nitrogens with one attached hydrogen (secondary N) is 1. The van der Waals surface area contributed by atoms with Gasteiger partial charge in [-0.15, -0.1) is 22.0 Å². The van der Waals surface area contributed by atoms with Crippen molar-refractivity contribution in [3.63, 3.8) is 0 Å². The summed E-state index contributed by atoms with van der Waals surface area (Å²) in [6, 6.07) is 11.9. The maximum atomic E-state index is 12.1. The third kappa shape index (κ3) is 5.09. The van der Waals surface area contributed by atoms with Crippen LogP contribution in [0.2, 0.25) is 0 Å². The molecule has 26 heavy (non-hydrogen) atoms. The Bertz CT molecular complexity index is 867. The first-order valence-electron chi connectivity index (χ1n) is 8.25. The van der Waals surface area contributed by atoms with Gasteiger partial charge in [0, 0.05) is 23.7 Å². The summed E-state index contributed by atoms with van der Waals surface area (Å²) in [5, 5.41) is 13.2. The van der Waals surface area contributed by atoms with Crippen molar-refractivity contribution in [2.45, 2.75) is 31.2 Å². The molecule has 2 aromatic heterocycles. The maximum Gasteiger partial charge on any atom is 0.227 e. The molecule has 0 aliphatic heterocycles. The number of carbonyl (C=O) groups is 1.